The van der Waals surface area contributed by atoms with Crippen molar-refractivity contribution >= 4 is 50.0 Å². The van der Waals surface area contributed by atoms with Gasteiger partial charge in [0, 0.05) is 11.9 Å². The Balaban J connectivity index is 1.98. The van der Waals surface area contributed by atoms with Gasteiger partial charge in [0.25, 0.3) is 10.0 Å². The maximum Gasteiger partial charge on any atom is 0.263 e. The molecule has 0 unspecified atom stereocenters. The normalized spacial score (nSPS) is 11.8. The molecular weight excluding hydrogens is 347 g/mol. The van der Waals surface area contributed by atoms with Gasteiger partial charge in [0.05, 0.1) is 10.7 Å². The zero-order chi connectivity index (χ0) is 15.9. The van der Waals surface area contributed by atoms with E-state index in [2.05, 4.69) is 9.71 Å². The van der Waals surface area contributed by atoms with Gasteiger partial charge in [-0.1, -0.05) is 23.2 Å². The Morgan fingerprint density at radius 2 is 1.91 bits per heavy atom. The molecule has 22 heavy (non-hydrogen) atoms. The van der Waals surface area contributed by atoms with Crippen LogP contribution in [0, 0.1) is 6.92 Å². The molecule has 0 atom stereocenters. The van der Waals surface area contributed by atoms with E-state index in [9.17, 15) is 8.42 Å². The standard InChI is InChI=1S/C14H10Cl2N2O3S/c1-8-17-12-7-10(3-4-13(12)21-8)18-22(19,20)14-5-2-9(15)6-11(14)16/h2-7,18H,1H3. The molecule has 1 heterocycles. The number of hydrogen-bond acceptors (Lipinski definition) is 4. The Morgan fingerprint density at radius 1 is 1.14 bits per heavy atom. The second-order valence-corrected chi connectivity index (χ2v) is 7.09. The summed E-state index contributed by atoms with van der Waals surface area (Å²) in [4.78, 5) is 4.11. The molecule has 0 saturated heterocycles. The van der Waals surface area contributed by atoms with E-state index in [4.69, 9.17) is 27.6 Å². The minimum Gasteiger partial charge on any atom is -0.441 e. The molecule has 0 amide bonds. The van der Waals surface area contributed by atoms with Gasteiger partial charge in [-0.25, -0.2) is 13.4 Å². The van der Waals surface area contributed by atoms with Crippen LogP contribution >= 0.6 is 23.2 Å². The zero-order valence-electron chi connectivity index (χ0n) is 11.3. The first-order valence-electron chi connectivity index (χ1n) is 6.20. The lowest BCUT2D eigenvalue weighted by atomic mass is 10.3. The smallest absolute Gasteiger partial charge is 0.263 e. The van der Waals surface area contributed by atoms with Crippen LogP contribution in [0.2, 0.25) is 10.0 Å². The van der Waals surface area contributed by atoms with Crippen molar-refractivity contribution in [1.29, 1.82) is 0 Å². The summed E-state index contributed by atoms with van der Waals surface area (Å²) in [7, 11) is -3.82. The Bertz CT molecular complexity index is 967. The van der Waals surface area contributed by atoms with E-state index in [-0.39, 0.29) is 9.92 Å². The number of nitrogens with zero attached hydrogens (tertiary/aromatic N) is 1. The quantitative estimate of drug-likeness (QED) is 0.761. The van der Waals surface area contributed by atoms with Crippen LogP contribution in [0.3, 0.4) is 0 Å². The number of aryl methyl sites for hydroxylation is 1. The minimum atomic E-state index is -3.82. The van der Waals surface area contributed by atoms with Crippen molar-refractivity contribution in [2.24, 2.45) is 0 Å². The lowest BCUT2D eigenvalue weighted by Gasteiger charge is -2.09. The van der Waals surface area contributed by atoms with Crippen LogP contribution in [0.15, 0.2) is 45.7 Å². The van der Waals surface area contributed by atoms with Gasteiger partial charge in [0.2, 0.25) is 0 Å². The van der Waals surface area contributed by atoms with Gasteiger partial charge >= 0.3 is 0 Å². The number of oxazole rings is 1. The SMILES string of the molecule is Cc1nc2cc(NS(=O)(=O)c3ccc(Cl)cc3Cl)ccc2o1. The van der Waals surface area contributed by atoms with Crippen molar-refractivity contribution in [2.45, 2.75) is 11.8 Å². The predicted molar refractivity (Wildman–Crippen MR) is 86.0 cm³/mol. The highest BCUT2D eigenvalue weighted by atomic mass is 35.5. The summed E-state index contributed by atoms with van der Waals surface area (Å²) in [5.41, 5.74) is 1.52. The molecule has 0 aliphatic rings. The molecule has 0 fully saturated rings. The third-order valence-electron chi connectivity index (χ3n) is 2.93. The highest BCUT2D eigenvalue weighted by Gasteiger charge is 2.18. The van der Waals surface area contributed by atoms with Gasteiger partial charge < -0.3 is 4.42 Å². The Labute approximate surface area is 136 Å². The number of hydrogen-bond donors (Lipinski definition) is 1. The monoisotopic (exact) mass is 356 g/mol. The van der Waals surface area contributed by atoms with E-state index in [1.54, 1.807) is 25.1 Å². The summed E-state index contributed by atoms with van der Waals surface area (Å²) in [6.45, 7) is 1.72. The summed E-state index contributed by atoms with van der Waals surface area (Å²) in [5, 5.41) is 0.418. The molecule has 0 aliphatic heterocycles. The Kier molecular flexibility index (Phi) is 3.76. The molecule has 5 nitrogen and oxygen atoms in total. The second-order valence-electron chi connectivity index (χ2n) is 4.60. The Morgan fingerprint density at radius 3 is 2.64 bits per heavy atom. The van der Waals surface area contributed by atoms with Crippen molar-refractivity contribution in [3.63, 3.8) is 0 Å². The molecule has 114 valence electrons. The number of halogens is 2. The first kappa shape index (κ1) is 15.1. The molecule has 3 aromatic rings. The van der Waals surface area contributed by atoms with Gasteiger partial charge in [0.1, 0.15) is 10.4 Å². The summed E-state index contributed by atoms with van der Waals surface area (Å²) in [5.74, 6) is 0.510. The summed E-state index contributed by atoms with van der Waals surface area (Å²) in [6.07, 6.45) is 0. The number of anilines is 1. The topological polar surface area (TPSA) is 72.2 Å². The molecule has 0 bridgehead atoms. The van der Waals surface area contributed by atoms with Gasteiger partial charge in [-0.15, -0.1) is 0 Å². The van der Waals surface area contributed by atoms with Crippen molar-refractivity contribution in [2.75, 3.05) is 4.72 Å². The number of aromatic nitrogens is 1. The average molecular weight is 357 g/mol. The largest absolute Gasteiger partial charge is 0.441 e. The van der Waals surface area contributed by atoms with E-state index in [0.717, 1.165) is 0 Å². The molecule has 0 saturated carbocycles. The third kappa shape index (κ3) is 2.90. The van der Waals surface area contributed by atoms with Crippen LogP contribution in [-0.4, -0.2) is 13.4 Å². The van der Waals surface area contributed by atoms with E-state index < -0.39 is 10.0 Å². The van der Waals surface area contributed by atoms with E-state index in [1.165, 1.54) is 18.2 Å². The molecule has 0 radical (unpaired) electrons. The van der Waals surface area contributed by atoms with Crippen LogP contribution in [0.25, 0.3) is 11.1 Å². The Hall–Kier alpha value is -1.76. The van der Waals surface area contributed by atoms with E-state index in [1.807, 2.05) is 0 Å². The molecule has 3 rings (SSSR count). The summed E-state index contributed by atoms with van der Waals surface area (Å²) < 4.78 is 32.6. The van der Waals surface area contributed by atoms with Gasteiger partial charge in [-0.2, -0.15) is 0 Å². The third-order valence-corrected chi connectivity index (χ3v) is 5.03. The fraction of sp³-hybridized carbons (Fsp3) is 0.0714. The van der Waals surface area contributed by atoms with E-state index >= 15 is 0 Å². The zero-order valence-corrected chi connectivity index (χ0v) is 13.6. The highest BCUT2D eigenvalue weighted by molar-refractivity contribution is 7.92. The number of rotatable bonds is 3. The lowest BCUT2D eigenvalue weighted by Crippen LogP contribution is -2.13. The van der Waals surface area contributed by atoms with Crippen LogP contribution in [0.1, 0.15) is 5.89 Å². The van der Waals surface area contributed by atoms with Gasteiger partial charge in [-0.3, -0.25) is 4.72 Å². The van der Waals surface area contributed by atoms with Gasteiger partial charge in [0.15, 0.2) is 11.5 Å². The minimum absolute atomic E-state index is 0.0463. The second kappa shape index (κ2) is 5.46. The van der Waals surface area contributed by atoms with Crippen LogP contribution < -0.4 is 4.72 Å². The van der Waals surface area contributed by atoms with Crippen molar-refractivity contribution in [1.82, 2.24) is 4.98 Å². The fourth-order valence-corrected chi connectivity index (χ4v) is 3.83. The molecule has 1 aromatic heterocycles. The fourth-order valence-electron chi connectivity index (χ4n) is 2.01. The van der Waals surface area contributed by atoms with Crippen molar-refractivity contribution in [3.8, 4) is 0 Å². The molecule has 2 aromatic carbocycles. The summed E-state index contributed by atoms with van der Waals surface area (Å²) >= 11 is 11.7. The van der Waals surface area contributed by atoms with Crippen LogP contribution in [0.5, 0.6) is 0 Å². The van der Waals surface area contributed by atoms with Crippen LogP contribution in [0.4, 0.5) is 5.69 Å². The lowest BCUT2D eigenvalue weighted by molar-refractivity contribution is 0.561. The average Bonchev–Trinajstić information content (AvgIpc) is 2.77. The maximum atomic E-state index is 12.4. The number of benzene rings is 2. The first-order valence-corrected chi connectivity index (χ1v) is 8.44. The van der Waals surface area contributed by atoms with Gasteiger partial charge in [-0.05, 0) is 36.4 Å². The molecular formula is C14H10Cl2N2O3S. The molecule has 1 N–H and O–H groups in total. The van der Waals surface area contributed by atoms with Crippen LogP contribution in [-0.2, 0) is 10.0 Å². The van der Waals surface area contributed by atoms with Crippen molar-refractivity contribution < 1.29 is 12.8 Å². The molecule has 0 spiro atoms. The number of fused-ring (bicyclic) bond motifs is 1. The summed E-state index contributed by atoms with van der Waals surface area (Å²) in [6, 6.07) is 9.03. The first-order chi connectivity index (χ1) is 10.3. The maximum absolute atomic E-state index is 12.4. The highest BCUT2D eigenvalue weighted by Crippen LogP contribution is 2.27. The molecule has 0 aliphatic carbocycles. The molecule has 8 heteroatoms. The number of nitrogens with one attached hydrogen (secondary N) is 1. The van der Waals surface area contributed by atoms with E-state index in [0.29, 0.717) is 27.7 Å². The number of sulfonamides is 1. The van der Waals surface area contributed by atoms with Crippen molar-refractivity contribution in [3.05, 3.63) is 52.3 Å². The predicted octanol–water partition coefficient (Wildman–Crippen LogP) is 4.24.